The predicted molar refractivity (Wildman–Crippen MR) is 68.0 cm³/mol. The van der Waals surface area contributed by atoms with Gasteiger partial charge in [-0.15, -0.1) is 0 Å². The molecule has 6 heteroatoms. The van der Waals surface area contributed by atoms with E-state index in [9.17, 15) is 10.1 Å². The fourth-order valence-corrected chi connectivity index (χ4v) is 1.20. The van der Waals surface area contributed by atoms with Crippen molar-refractivity contribution in [2.75, 3.05) is 0 Å². The number of aromatic nitrogens is 1. The van der Waals surface area contributed by atoms with E-state index in [1.54, 1.807) is 27.7 Å². The molecule has 5 nitrogen and oxygen atoms in total. The molecule has 1 heterocycles. The molecular formula is C12H17BN2O3. The zero-order valence-corrected chi connectivity index (χ0v) is 11.0. The van der Waals surface area contributed by atoms with Gasteiger partial charge in [0.15, 0.2) is 0 Å². The summed E-state index contributed by atoms with van der Waals surface area (Å²) in [7, 11) is -1.29. The molecule has 0 saturated carbocycles. The molecule has 0 unspecified atom stereocenters. The third-order valence-electron chi connectivity index (χ3n) is 3.12. The highest BCUT2D eigenvalue weighted by Crippen LogP contribution is 2.25. The summed E-state index contributed by atoms with van der Waals surface area (Å²) in [4.78, 5) is 3.81. The van der Waals surface area contributed by atoms with Gasteiger partial charge in [-0.3, -0.25) is 4.98 Å². The third kappa shape index (κ3) is 3.08. The number of rotatable bonds is 4. The molecule has 1 aromatic rings. The lowest BCUT2D eigenvalue weighted by Crippen LogP contribution is -2.53. The second kappa shape index (κ2) is 5.06. The minimum atomic E-state index is -1.29. The van der Waals surface area contributed by atoms with Crippen molar-refractivity contribution in [3.8, 4) is 6.07 Å². The van der Waals surface area contributed by atoms with Gasteiger partial charge in [0.25, 0.3) is 0 Å². The molecule has 18 heavy (non-hydrogen) atoms. The average Bonchev–Trinajstić information content (AvgIpc) is 2.26. The maximum Gasteiger partial charge on any atom is 0.493 e. The summed E-state index contributed by atoms with van der Waals surface area (Å²) in [6, 6.07) is 3.45. The average molecular weight is 248 g/mol. The number of pyridine rings is 1. The quantitative estimate of drug-likeness (QED) is 0.743. The second-order valence-corrected chi connectivity index (χ2v) is 5.11. The number of hydrogen-bond donors (Lipinski definition) is 2. The molecule has 96 valence electrons. The van der Waals surface area contributed by atoms with E-state index in [0.717, 1.165) is 0 Å². The molecule has 0 saturated heterocycles. The zero-order chi connectivity index (χ0) is 14.0. The van der Waals surface area contributed by atoms with Crippen LogP contribution in [0.4, 0.5) is 0 Å². The van der Waals surface area contributed by atoms with Crippen LogP contribution >= 0.6 is 0 Å². The standard InChI is InChI=1S/C12H17BN2O3/c1-11(2,16)12(3,4)18-13(17)10-5-6-15-8-9(10)7-14/h5-6,8,16-17H,1-4H3. The largest absolute Gasteiger partial charge is 0.493 e. The summed E-state index contributed by atoms with van der Waals surface area (Å²) in [5, 5.41) is 28.9. The summed E-state index contributed by atoms with van der Waals surface area (Å²) in [5.41, 5.74) is -1.52. The van der Waals surface area contributed by atoms with Crippen LogP contribution in [-0.4, -0.2) is 33.4 Å². The van der Waals surface area contributed by atoms with Crippen LogP contribution in [0.25, 0.3) is 0 Å². The Morgan fingerprint density at radius 1 is 1.39 bits per heavy atom. The van der Waals surface area contributed by atoms with Crippen molar-refractivity contribution in [2.45, 2.75) is 38.9 Å². The SMILES string of the molecule is CC(C)(O)C(C)(C)OB(O)c1ccncc1C#N. The Kier molecular flexibility index (Phi) is 4.12. The van der Waals surface area contributed by atoms with Crippen molar-refractivity contribution in [1.29, 1.82) is 5.26 Å². The Hall–Kier alpha value is -1.42. The van der Waals surface area contributed by atoms with Gasteiger partial charge in [0.1, 0.15) is 6.07 Å². The van der Waals surface area contributed by atoms with Gasteiger partial charge in [-0.05, 0) is 33.8 Å². The highest BCUT2D eigenvalue weighted by molar-refractivity contribution is 6.60. The van der Waals surface area contributed by atoms with Crippen molar-refractivity contribution in [1.82, 2.24) is 4.98 Å². The van der Waals surface area contributed by atoms with Crippen molar-refractivity contribution in [3.05, 3.63) is 24.0 Å². The number of aliphatic hydroxyl groups is 1. The van der Waals surface area contributed by atoms with E-state index in [4.69, 9.17) is 9.92 Å². The fourth-order valence-electron chi connectivity index (χ4n) is 1.20. The van der Waals surface area contributed by atoms with E-state index in [2.05, 4.69) is 4.98 Å². The molecule has 0 aromatic carbocycles. The summed E-state index contributed by atoms with van der Waals surface area (Å²) < 4.78 is 5.46. The molecule has 0 fully saturated rings. The molecule has 0 aliphatic heterocycles. The lowest BCUT2D eigenvalue weighted by Gasteiger charge is -2.38. The monoisotopic (exact) mass is 248 g/mol. The van der Waals surface area contributed by atoms with E-state index in [-0.39, 0.29) is 5.56 Å². The number of nitriles is 1. The predicted octanol–water partition coefficient (Wildman–Crippen LogP) is 0.207. The van der Waals surface area contributed by atoms with Crippen LogP contribution in [-0.2, 0) is 4.65 Å². The van der Waals surface area contributed by atoms with Crippen LogP contribution in [0.1, 0.15) is 33.3 Å². The van der Waals surface area contributed by atoms with E-state index in [1.165, 1.54) is 18.5 Å². The van der Waals surface area contributed by atoms with E-state index in [0.29, 0.717) is 5.46 Å². The minimum Gasteiger partial charge on any atom is -0.423 e. The van der Waals surface area contributed by atoms with E-state index >= 15 is 0 Å². The Morgan fingerprint density at radius 3 is 2.50 bits per heavy atom. The summed E-state index contributed by atoms with van der Waals surface area (Å²) in [5.74, 6) is 0. The molecule has 1 aromatic heterocycles. The van der Waals surface area contributed by atoms with Gasteiger partial charge in [0.05, 0.1) is 16.8 Å². The van der Waals surface area contributed by atoms with Gasteiger partial charge in [-0.1, -0.05) is 0 Å². The van der Waals surface area contributed by atoms with Crippen LogP contribution in [0.5, 0.6) is 0 Å². The van der Waals surface area contributed by atoms with Gasteiger partial charge in [-0.25, -0.2) is 0 Å². The first-order valence-electron chi connectivity index (χ1n) is 5.61. The Bertz CT molecular complexity index is 463. The van der Waals surface area contributed by atoms with E-state index in [1.807, 2.05) is 6.07 Å². The Morgan fingerprint density at radius 2 is 2.00 bits per heavy atom. The van der Waals surface area contributed by atoms with Crippen LogP contribution in [0.2, 0.25) is 0 Å². The normalized spacial score (nSPS) is 12.1. The molecule has 0 bridgehead atoms. The maximum atomic E-state index is 10.0. The first-order chi connectivity index (χ1) is 8.19. The van der Waals surface area contributed by atoms with Crippen molar-refractivity contribution in [3.63, 3.8) is 0 Å². The molecule has 0 spiro atoms. The highest BCUT2D eigenvalue weighted by atomic mass is 16.5. The molecule has 1 rings (SSSR count). The summed E-state index contributed by atoms with van der Waals surface area (Å²) in [6.45, 7) is 6.53. The van der Waals surface area contributed by atoms with Crippen LogP contribution in [0.15, 0.2) is 18.5 Å². The molecule has 0 aliphatic carbocycles. The van der Waals surface area contributed by atoms with Crippen LogP contribution < -0.4 is 5.46 Å². The van der Waals surface area contributed by atoms with Gasteiger partial charge < -0.3 is 14.8 Å². The smallest absolute Gasteiger partial charge is 0.423 e. The van der Waals surface area contributed by atoms with Crippen molar-refractivity contribution in [2.24, 2.45) is 0 Å². The molecular weight excluding hydrogens is 231 g/mol. The first kappa shape index (κ1) is 14.6. The Balaban J connectivity index is 2.97. The maximum absolute atomic E-state index is 10.0. The van der Waals surface area contributed by atoms with E-state index < -0.39 is 18.3 Å². The van der Waals surface area contributed by atoms with Crippen molar-refractivity contribution < 1.29 is 14.8 Å². The fraction of sp³-hybridized carbons (Fsp3) is 0.500. The first-order valence-corrected chi connectivity index (χ1v) is 5.61. The van der Waals surface area contributed by atoms with Gasteiger partial charge >= 0.3 is 7.12 Å². The van der Waals surface area contributed by atoms with Gasteiger partial charge in [0.2, 0.25) is 0 Å². The topological polar surface area (TPSA) is 86.4 Å². The van der Waals surface area contributed by atoms with Crippen LogP contribution in [0, 0.1) is 11.3 Å². The number of nitrogens with zero attached hydrogens (tertiary/aromatic N) is 2. The van der Waals surface area contributed by atoms with Gasteiger partial charge in [-0.2, -0.15) is 5.26 Å². The molecule has 0 amide bonds. The lowest BCUT2D eigenvalue weighted by molar-refractivity contribution is -0.0982. The van der Waals surface area contributed by atoms with Gasteiger partial charge in [0, 0.05) is 17.9 Å². The summed E-state index contributed by atoms with van der Waals surface area (Å²) in [6.07, 6.45) is 2.83. The summed E-state index contributed by atoms with van der Waals surface area (Å²) >= 11 is 0. The van der Waals surface area contributed by atoms with Crippen LogP contribution in [0.3, 0.4) is 0 Å². The highest BCUT2D eigenvalue weighted by Gasteiger charge is 2.40. The number of hydrogen-bond acceptors (Lipinski definition) is 5. The second-order valence-electron chi connectivity index (χ2n) is 5.11. The lowest BCUT2D eigenvalue weighted by atomic mass is 9.75. The van der Waals surface area contributed by atoms with Crippen molar-refractivity contribution >= 4 is 12.6 Å². The molecule has 0 atom stereocenters. The molecule has 0 radical (unpaired) electrons. The minimum absolute atomic E-state index is 0.247. The zero-order valence-electron chi connectivity index (χ0n) is 11.0. The Labute approximate surface area is 107 Å². The third-order valence-corrected chi connectivity index (χ3v) is 3.12. The molecule has 0 aliphatic rings. The molecule has 2 N–H and O–H groups in total.